The van der Waals surface area contributed by atoms with Gasteiger partial charge in [-0.3, -0.25) is 4.99 Å². The average molecular weight is 297 g/mol. The van der Waals surface area contributed by atoms with Gasteiger partial charge in [0.05, 0.1) is 5.69 Å². The molecule has 21 heavy (non-hydrogen) atoms. The van der Waals surface area contributed by atoms with Gasteiger partial charge in [-0.15, -0.1) is 0 Å². The van der Waals surface area contributed by atoms with Crippen LogP contribution in [0.4, 0.5) is 11.5 Å². The fraction of sp³-hybridized carbons (Fsp3) is 0.267. The summed E-state index contributed by atoms with van der Waals surface area (Å²) in [6.45, 7) is 1.96. The van der Waals surface area contributed by atoms with E-state index in [1.165, 1.54) is 10.5 Å². The van der Waals surface area contributed by atoms with E-state index in [2.05, 4.69) is 43.8 Å². The van der Waals surface area contributed by atoms with Gasteiger partial charge < -0.3 is 10.6 Å². The van der Waals surface area contributed by atoms with Crippen molar-refractivity contribution in [2.45, 2.75) is 22.8 Å². The average Bonchev–Trinajstić information content (AvgIpc) is 2.54. The number of nitrogens with one attached hydrogen (secondary N) is 2. The summed E-state index contributed by atoms with van der Waals surface area (Å²) in [6.07, 6.45) is 5.41. The summed E-state index contributed by atoms with van der Waals surface area (Å²) in [5, 5.41) is 7.66. The standard InChI is InChI=1S/C15H15N5S/c1-4-16-13(17-5-1)9-10-2-3-12-11(8-10)20-14-15(21-12)19-7-6-18-14/h2-3,6-8H,1,4-5,9H2,(H,16,17)(H,18,20). The largest absolute Gasteiger partial charge is 0.373 e. The fourth-order valence-corrected chi connectivity index (χ4v) is 3.36. The van der Waals surface area contributed by atoms with Crippen LogP contribution in [0.25, 0.3) is 0 Å². The van der Waals surface area contributed by atoms with Gasteiger partial charge in [0.15, 0.2) is 5.82 Å². The zero-order valence-electron chi connectivity index (χ0n) is 11.5. The summed E-state index contributed by atoms with van der Waals surface area (Å²) in [5.74, 6) is 1.92. The molecule has 0 saturated heterocycles. The van der Waals surface area contributed by atoms with E-state index >= 15 is 0 Å². The van der Waals surface area contributed by atoms with Gasteiger partial charge in [0.2, 0.25) is 0 Å². The molecular weight excluding hydrogens is 282 g/mol. The van der Waals surface area contributed by atoms with Gasteiger partial charge in [0.25, 0.3) is 0 Å². The molecule has 2 aliphatic heterocycles. The number of nitrogens with zero attached hydrogens (tertiary/aromatic N) is 3. The van der Waals surface area contributed by atoms with Crippen LogP contribution in [-0.2, 0) is 6.42 Å². The molecule has 4 rings (SSSR count). The predicted molar refractivity (Wildman–Crippen MR) is 84.5 cm³/mol. The Morgan fingerprint density at radius 1 is 1.19 bits per heavy atom. The van der Waals surface area contributed by atoms with Crippen molar-refractivity contribution in [1.29, 1.82) is 0 Å². The quantitative estimate of drug-likeness (QED) is 0.761. The van der Waals surface area contributed by atoms with E-state index in [1.54, 1.807) is 24.2 Å². The molecule has 0 aliphatic carbocycles. The number of fused-ring (bicyclic) bond motifs is 2. The minimum absolute atomic E-state index is 0.834. The number of hydrogen-bond donors (Lipinski definition) is 2. The van der Waals surface area contributed by atoms with Crippen molar-refractivity contribution in [1.82, 2.24) is 15.3 Å². The highest BCUT2D eigenvalue weighted by Gasteiger charge is 2.18. The lowest BCUT2D eigenvalue weighted by Gasteiger charge is -2.20. The van der Waals surface area contributed by atoms with E-state index in [9.17, 15) is 0 Å². The summed E-state index contributed by atoms with van der Waals surface area (Å²) in [7, 11) is 0. The second-order valence-electron chi connectivity index (χ2n) is 5.05. The first-order valence-electron chi connectivity index (χ1n) is 7.04. The first kappa shape index (κ1) is 12.6. The molecule has 0 atom stereocenters. The Bertz CT molecular complexity index is 713. The van der Waals surface area contributed by atoms with Crippen LogP contribution >= 0.6 is 11.8 Å². The van der Waals surface area contributed by atoms with Crippen molar-refractivity contribution in [2.24, 2.45) is 4.99 Å². The SMILES string of the molecule is c1cnc2c(n1)Nc1cc(CC3=NCCCN3)ccc1S2. The van der Waals surface area contributed by atoms with Crippen molar-refractivity contribution in [3.8, 4) is 0 Å². The highest BCUT2D eigenvalue weighted by Crippen LogP contribution is 2.41. The molecule has 0 amide bonds. The van der Waals surface area contributed by atoms with Gasteiger partial charge in [-0.25, -0.2) is 9.97 Å². The monoisotopic (exact) mass is 297 g/mol. The lowest BCUT2D eigenvalue weighted by Crippen LogP contribution is -2.30. The minimum atomic E-state index is 0.834. The molecule has 3 heterocycles. The van der Waals surface area contributed by atoms with Crippen molar-refractivity contribution in [3.05, 3.63) is 36.2 Å². The molecule has 0 spiro atoms. The highest BCUT2D eigenvalue weighted by atomic mass is 32.2. The molecule has 0 radical (unpaired) electrons. The van der Waals surface area contributed by atoms with Gasteiger partial charge in [0, 0.05) is 36.8 Å². The molecular formula is C15H15N5S. The molecule has 0 unspecified atom stereocenters. The maximum atomic E-state index is 4.53. The molecule has 0 fully saturated rings. The molecule has 0 saturated carbocycles. The summed E-state index contributed by atoms with van der Waals surface area (Å²) < 4.78 is 0. The van der Waals surface area contributed by atoms with Crippen molar-refractivity contribution >= 4 is 29.1 Å². The molecule has 2 N–H and O–H groups in total. The maximum Gasteiger partial charge on any atom is 0.163 e. The topological polar surface area (TPSA) is 62.2 Å². The predicted octanol–water partition coefficient (Wildman–Crippen LogP) is 2.62. The number of anilines is 2. The van der Waals surface area contributed by atoms with Crippen molar-refractivity contribution < 1.29 is 0 Å². The number of amidine groups is 1. The van der Waals surface area contributed by atoms with E-state index < -0.39 is 0 Å². The summed E-state index contributed by atoms with van der Waals surface area (Å²) in [5.41, 5.74) is 2.35. The van der Waals surface area contributed by atoms with E-state index in [1.807, 2.05) is 0 Å². The lowest BCUT2D eigenvalue weighted by atomic mass is 10.1. The van der Waals surface area contributed by atoms with Crippen LogP contribution in [-0.4, -0.2) is 28.9 Å². The third-order valence-corrected chi connectivity index (χ3v) is 4.57. The van der Waals surface area contributed by atoms with Crippen LogP contribution in [0.1, 0.15) is 12.0 Å². The van der Waals surface area contributed by atoms with Gasteiger partial charge in [-0.05, 0) is 24.1 Å². The number of hydrogen-bond acceptors (Lipinski definition) is 6. The maximum absolute atomic E-state index is 4.53. The molecule has 2 aliphatic rings. The van der Waals surface area contributed by atoms with E-state index in [0.29, 0.717) is 0 Å². The number of rotatable bonds is 2. The Morgan fingerprint density at radius 2 is 2.14 bits per heavy atom. The number of aliphatic imine (C=N–C) groups is 1. The smallest absolute Gasteiger partial charge is 0.163 e. The van der Waals surface area contributed by atoms with E-state index in [4.69, 9.17) is 0 Å². The number of benzene rings is 1. The molecule has 1 aromatic carbocycles. The fourth-order valence-electron chi connectivity index (χ4n) is 2.48. The van der Waals surface area contributed by atoms with Crippen molar-refractivity contribution in [3.63, 3.8) is 0 Å². The van der Waals surface area contributed by atoms with Gasteiger partial charge in [-0.2, -0.15) is 0 Å². The van der Waals surface area contributed by atoms with Crippen molar-refractivity contribution in [2.75, 3.05) is 18.4 Å². The van der Waals surface area contributed by atoms with Crippen LogP contribution < -0.4 is 10.6 Å². The second kappa shape index (κ2) is 5.37. The first-order chi connectivity index (χ1) is 10.4. The van der Waals surface area contributed by atoms with E-state index in [-0.39, 0.29) is 0 Å². The first-order valence-corrected chi connectivity index (χ1v) is 7.86. The van der Waals surface area contributed by atoms with Crippen LogP contribution in [0.15, 0.2) is 45.5 Å². The van der Waals surface area contributed by atoms with Gasteiger partial charge in [-0.1, -0.05) is 17.8 Å². The minimum Gasteiger partial charge on any atom is -0.373 e. The Morgan fingerprint density at radius 3 is 3.05 bits per heavy atom. The number of aromatic nitrogens is 2. The van der Waals surface area contributed by atoms with Crippen LogP contribution in [0.5, 0.6) is 0 Å². The summed E-state index contributed by atoms with van der Waals surface area (Å²) in [6, 6.07) is 6.48. The molecule has 106 valence electrons. The Balaban J connectivity index is 1.59. The van der Waals surface area contributed by atoms with Crippen LogP contribution in [0.3, 0.4) is 0 Å². The normalized spacial score (nSPS) is 16.1. The summed E-state index contributed by atoms with van der Waals surface area (Å²) >= 11 is 1.66. The third-order valence-electron chi connectivity index (χ3n) is 3.51. The zero-order chi connectivity index (χ0) is 14.1. The Hall–Kier alpha value is -2.08. The highest BCUT2D eigenvalue weighted by molar-refractivity contribution is 7.99. The van der Waals surface area contributed by atoms with Gasteiger partial charge in [0.1, 0.15) is 10.9 Å². The zero-order valence-corrected chi connectivity index (χ0v) is 12.3. The third kappa shape index (κ3) is 2.58. The Labute approximate surface area is 127 Å². The van der Waals surface area contributed by atoms with E-state index in [0.717, 1.165) is 48.3 Å². The molecule has 1 aromatic heterocycles. The Kier molecular flexibility index (Phi) is 3.23. The summed E-state index contributed by atoms with van der Waals surface area (Å²) in [4.78, 5) is 14.4. The molecule has 6 heteroatoms. The second-order valence-corrected chi connectivity index (χ2v) is 6.08. The van der Waals surface area contributed by atoms with Crippen LogP contribution in [0.2, 0.25) is 0 Å². The van der Waals surface area contributed by atoms with Gasteiger partial charge >= 0.3 is 0 Å². The molecule has 0 bridgehead atoms. The molecule has 5 nitrogen and oxygen atoms in total. The molecule has 2 aromatic rings. The lowest BCUT2D eigenvalue weighted by molar-refractivity contribution is 0.731. The van der Waals surface area contributed by atoms with Crippen LogP contribution in [0, 0.1) is 0 Å².